The smallest absolute Gasteiger partial charge is 0.196 e. The fraction of sp³-hybridized carbons (Fsp3) is 0.462. The number of benzene rings is 1. The molecular weight excluding hydrogens is 221 g/mol. The summed E-state index contributed by atoms with van der Waals surface area (Å²) < 4.78 is 24.0. The molecule has 1 aliphatic rings. The average Bonchev–Trinajstić information content (AvgIpc) is 3.09. The highest BCUT2D eigenvalue weighted by molar-refractivity contribution is 5.78. The van der Waals surface area contributed by atoms with Crippen molar-refractivity contribution in [2.24, 2.45) is 4.99 Å². The SMILES string of the molecule is CN=CC1(c2cc(F)c(OC)c(OC)c2)CC1. The van der Waals surface area contributed by atoms with E-state index in [2.05, 4.69) is 4.99 Å². The molecule has 1 fully saturated rings. The Kier molecular flexibility index (Phi) is 3.05. The Balaban J connectivity index is 2.47. The van der Waals surface area contributed by atoms with E-state index in [0.717, 1.165) is 18.4 Å². The van der Waals surface area contributed by atoms with Gasteiger partial charge < -0.3 is 9.47 Å². The van der Waals surface area contributed by atoms with Crippen molar-refractivity contribution in [2.45, 2.75) is 18.3 Å². The van der Waals surface area contributed by atoms with Gasteiger partial charge in [0.25, 0.3) is 0 Å². The Morgan fingerprint density at radius 3 is 2.47 bits per heavy atom. The van der Waals surface area contributed by atoms with Gasteiger partial charge in [0.1, 0.15) is 0 Å². The lowest BCUT2D eigenvalue weighted by Crippen LogP contribution is -2.09. The van der Waals surface area contributed by atoms with Gasteiger partial charge in [-0.3, -0.25) is 4.99 Å². The Hall–Kier alpha value is -1.58. The summed E-state index contributed by atoms with van der Waals surface area (Å²) in [5.74, 6) is 0.191. The summed E-state index contributed by atoms with van der Waals surface area (Å²) in [6.45, 7) is 0. The van der Waals surface area contributed by atoms with E-state index in [1.54, 1.807) is 7.05 Å². The van der Waals surface area contributed by atoms with Gasteiger partial charge in [0, 0.05) is 18.7 Å². The van der Waals surface area contributed by atoms with Crippen LogP contribution < -0.4 is 9.47 Å². The van der Waals surface area contributed by atoms with Crippen molar-refractivity contribution in [3.63, 3.8) is 0 Å². The molecule has 17 heavy (non-hydrogen) atoms. The zero-order valence-electron chi connectivity index (χ0n) is 10.3. The summed E-state index contributed by atoms with van der Waals surface area (Å²) >= 11 is 0. The van der Waals surface area contributed by atoms with E-state index in [-0.39, 0.29) is 11.2 Å². The highest BCUT2D eigenvalue weighted by Gasteiger charge is 2.43. The number of halogens is 1. The molecule has 3 nitrogen and oxygen atoms in total. The molecule has 92 valence electrons. The zero-order valence-corrected chi connectivity index (χ0v) is 10.3. The number of hydrogen-bond donors (Lipinski definition) is 0. The van der Waals surface area contributed by atoms with Gasteiger partial charge in [-0.15, -0.1) is 0 Å². The molecule has 0 aliphatic heterocycles. The molecular formula is C13H16FNO2. The molecule has 0 atom stereocenters. The molecule has 0 radical (unpaired) electrons. The van der Waals surface area contributed by atoms with Crippen molar-refractivity contribution < 1.29 is 13.9 Å². The van der Waals surface area contributed by atoms with Gasteiger partial charge in [-0.1, -0.05) is 0 Å². The van der Waals surface area contributed by atoms with Crippen molar-refractivity contribution in [1.29, 1.82) is 0 Å². The minimum atomic E-state index is -0.391. The van der Waals surface area contributed by atoms with E-state index in [9.17, 15) is 4.39 Å². The molecule has 0 heterocycles. The summed E-state index contributed by atoms with van der Waals surface area (Å²) in [4.78, 5) is 4.05. The van der Waals surface area contributed by atoms with Crippen molar-refractivity contribution in [3.8, 4) is 11.5 Å². The molecule has 0 amide bonds. The monoisotopic (exact) mass is 237 g/mol. The molecule has 0 bridgehead atoms. The van der Waals surface area contributed by atoms with Gasteiger partial charge in [0.2, 0.25) is 0 Å². The van der Waals surface area contributed by atoms with E-state index in [4.69, 9.17) is 9.47 Å². The molecule has 0 N–H and O–H groups in total. The Labute approximate surface area is 100 Å². The number of methoxy groups -OCH3 is 2. The van der Waals surface area contributed by atoms with Crippen LogP contribution in [0.5, 0.6) is 11.5 Å². The normalized spacial score (nSPS) is 17.2. The Morgan fingerprint density at radius 1 is 1.29 bits per heavy atom. The molecule has 1 aromatic carbocycles. The van der Waals surface area contributed by atoms with Crippen molar-refractivity contribution in [1.82, 2.24) is 0 Å². The third-order valence-corrected chi connectivity index (χ3v) is 3.17. The maximum atomic E-state index is 13.8. The quantitative estimate of drug-likeness (QED) is 0.753. The van der Waals surface area contributed by atoms with Gasteiger partial charge in [0.05, 0.1) is 14.2 Å². The van der Waals surface area contributed by atoms with Crippen LogP contribution in [0.1, 0.15) is 18.4 Å². The maximum Gasteiger partial charge on any atom is 0.196 e. The van der Waals surface area contributed by atoms with E-state index in [1.165, 1.54) is 20.3 Å². The molecule has 0 saturated heterocycles. The minimum Gasteiger partial charge on any atom is -0.493 e. The van der Waals surface area contributed by atoms with E-state index in [1.807, 2.05) is 12.3 Å². The second kappa shape index (κ2) is 4.35. The van der Waals surface area contributed by atoms with Crippen LogP contribution in [-0.4, -0.2) is 27.5 Å². The Bertz CT molecular complexity index is 453. The number of ether oxygens (including phenoxy) is 2. The van der Waals surface area contributed by atoms with E-state index < -0.39 is 5.82 Å². The average molecular weight is 237 g/mol. The molecule has 4 heteroatoms. The van der Waals surface area contributed by atoms with Crippen LogP contribution in [0.15, 0.2) is 17.1 Å². The molecule has 2 rings (SSSR count). The number of aliphatic imine (C=N–C) groups is 1. The minimum absolute atomic E-state index is 0.102. The summed E-state index contributed by atoms with van der Waals surface area (Å²) in [7, 11) is 4.67. The topological polar surface area (TPSA) is 30.8 Å². The summed E-state index contributed by atoms with van der Waals surface area (Å²) in [6.07, 6.45) is 3.88. The lowest BCUT2D eigenvalue weighted by molar-refractivity contribution is 0.336. The molecule has 0 unspecified atom stereocenters. The number of rotatable bonds is 4. The van der Waals surface area contributed by atoms with Crippen LogP contribution in [0.25, 0.3) is 0 Å². The second-order valence-corrected chi connectivity index (χ2v) is 4.24. The van der Waals surface area contributed by atoms with E-state index in [0.29, 0.717) is 5.75 Å². The largest absolute Gasteiger partial charge is 0.493 e. The fourth-order valence-corrected chi connectivity index (χ4v) is 2.08. The van der Waals surface area contributed by atoms with Crippen molar-refractivity contribution in [2.75, 3.05) is 21.3 Å². The first-order chi connectivity index (χ1) is 8.16. The first-order valence-corrected chi connectivity index (χ1v) is 5.52. The highest BCUT2D eigenvalue weighted by atomic mass is 19.1. The predicted molar refractivity (Wildman–Crippen MR) is 64.8 cm³/mol. The summed E-state index contributed by atoms with van der Waals surface area (Å²) in [5, 5.41) is 0. The second-order valence-electron chi connectivity index (χ2n) is 4.24. The maximum absolute atomic E-state index is 13.8. The highest BCUT2D eigenvalue weighted by Crippen LogP contribution is 2.49. The van der Waals surface area contributed by atoms with Gasteiger partial charge in [-0.2, -0.15) is 0 Å². The molecule has 0 aromatic heterocycles. The Morgan fingerprint density at radius 2 is 2.00 bits per heavy atom. The third kappa shape index (κ3) is 1.99. The van der Waals surface area contributed by atoms with Crippen LogP contribution in [0.4, 0.5) is 4.39 Å². The first-order valence-electron chi connectivity index (χ1n) is 5.52. The molecule has 1 aromatic rings. The lowest BCUT2D eigenvalue weighted by Gasteiger charge is -2.14. The summed E-state index contributed by atoms with van der Waals surface area (Å²) in [6, 6.07) is 3.34. The molecule has 0 spiro atoms. The fourth-order valence-electron chi connectivity index (χ4n) is 2.08. The zero-order chi connectivity index (χ0) is 12.5. The standard InChI is InChI=1S/C13H16FNO2/c1-15-8-13(4-5-13)9-6-10(14)12(17-3)11(7-9)16-2/h6-8H,4-5H2,1-3H3. The van der Waals surface area contributed by atoms with Gasteiger partial charge in [-0.05, 0) is 30.5 Å². The van der Waals surface area contributed by atoms with E-state index >= 15 is 0 Å². The van der Waals surface area contributed by atoms with Crippen LogP contribution >= 0.6 is 0 Å². The third-order valence-electron chi connectivity index (χ3n) is 3.17. The van der Waals surface area contributed by atoms with Crippen molar-refractivity contribution in [3.05, 3.63) is 23.5 Å². The molecule has 1 saturated carbocycles. The van der Waals surface area contributed by atoms with Crippen LogP contribution in [0, 0.1) is 5.82 Å². The predicted octanol–water partition coefficient (Wildman–Crippen LogP) is 2.58. The first kappa shape index (κ1) is 11.9. The number of hydrogen-bond acceptors (Lipinski definition) is 3. The van der Waals surface area contributed by atoms with Gasteiger partial charge in [0.15, 0.2) is 17.3 Å². The lowest BCUT2D eigenvalue weighted by atomic mass is 9.96. The van der Waals surface area contributed by atoms with Gasteiger partial charge >= 0.3 is 0 Å². The molecule has 1 aliphatic carbocycles. The van der Waals surface area contributed by atoms with Crippen LogP contribution in [0.2, 0.25) is 0 Å². The van der Waals surface area contributed by atoms with Crippen LogP contribution in [0.3, 0.4) is 0 Å². The van der Waals surface area contributed by atoms with Crippen molar-refractivity contribution >= 4 is 6.21 Å². The van der Waals surface area contributed by atoms with Crippen LogP contribution in [-0.2, 0) is 5.41 Å². The van der Waals surface area contributed by atoms with Gasteiger partial charge in [-0.25, -0.2) is 4.39 Å². The number of nitrogens with zero attached hydrogens (tertiary/aromatic N) is 1. The summed E-state index contributed by atoms with van der Waals surface area (Å²) in [5.41, 5.74) is 0.799.